The summed E-state index contributed by atoms with van der Waals surface area (Å²) < 4.78 is -3.86. The van der Waals surface area contributed by atoms with Crippen molar-refractivity contribution in [3.63, 3.8) is 0 Å². The summed E-state index contributed by atoms with van der Waals surface area (Å²) in [5, 5.41) is 9.74. The molecule has 0 aromatic heterocycles. The highest BCUT2D eigenvalue weighted by Crippen LogP contribution is 2.58. The van der Waals surface area contributed by atoms with Crippen LogP contribution in [0.5, 0.6) is 0 Å². The zero-order valence-electron chi connectivity index (χ0n) is 14.1. The average molecular weight is 449 g/mol. The maximum Gasteiger partial charge on any atom is 0.332 e. The summed E-state index contributed by atoms with van der Waals surface area (Å²) >= 11 is 32.1. The van der Waals surface area contributed by atoms with Crippen molar-refractivity contribution in [2.45, 2.75) is 65.4 Å². The normalized spacial score (nSPS) is 15.0. The van der Waals surface area contributed by atoms with Crippen LogP contribution < -0.4 is 0 Å². The SMILES string of the molecule is CCCCCCCCC(Cl)(Cl)C(Cl)(Cl)C(Cl)(C(=O)O)c1ccccc1. The van der Waals surface area contributed by atoms with Crippen LogP contribution in [0, 0.1) is 0 Å². The van der Waals surface area contributed by atoms with E-state index in [1.54, 1.807) is 18.2 Å². The van der Waals surface area contributed by atoms with Gasteiger partial charge in [-0.05, 0) is 12.0 Å². The van der Waals surface area contributed by atoms with E-state index in [-0.39, 0.29) is 12.0 Å². The number of hydrogen-bond acceptors (Lipinski definition) is 1. The predicted molar refractivity (Wildman–Crippen MR) is 108 cm³/mol. The first kappa shape index (κ1) is 23.2. The Labute approximate surface area is 174 Å². The van der Waals surface area contributed by atoms with Crippen LogP contribution in [0.2, 0.25) is 0 Å². The van der Waals surface area contributed by atoms with Crippen LogP contribution in [0.4, 0.5) is 0 Å². The molecule has 1 N–H and O–H groups in total. The Balaban J connectivity index is 2.95. The number of carbonyl (C=O) groups is 1. The molecule has 25 heavy (non-hydrogen) atoms. The molecule has 0 aliphatic carbocycles. The molecular formula is C18H23Cl5O2. The Hall–Kier alpha value is 0.140. The number of rotatable bonds is 11. The van der Waals surface area contributed by atoms with Crippen molar-refractivity contribution in [1.82, 2.24) is 0 Å². The molecule has 1 unspecified atom stereocenters. The predicted octanol–water partition coefficient (Wildman–Crippen LogP) is 7.30. The number of carboxylic acid groups (broad SMARTS) is 1. The van der Waals surface area contributed by atoms with Crippen molar-refractivity contribution in [1.29, 1.82) is 0 Å². The Kier molecular flexibility index (Phi) is 9.18. The molecule has 1 rings (SSSR count). The van der Waals surface area contributed by atoms with Crippen LogP contribution in [0.25, 0.3) is 0 Å². The van der Waals surface area contributed by atoms with E-state index in [1.165, 1.54) is 18.6 Å². The lowest BCUT2D eigenvalue weighted by molar-refractivity contribution is -0.141. The minimum absolute atomic E-state index is 0.225. The first-order valence-corrected chi connectivity index (χ1v) is 10.2. The number of carboxylic acids is 1. The Morgan fingerprint density at radius 2 is 1.44 bits per heavy atom. The van der Waals surface area contributed by atoms with E-state index in [0.717, 1.165) is 25.7 Å². The van der Waals surface area contributed by atoms with Crippen molar-refractivity contribution >= 4 is 64.0 Å². The quantitative estimate of drug-likeness (QED) is 0.285. The molecule has 0 aliphatic rings. The molecule has 0 heterocycles. The number of benzene rings is 1. The van der Waals surface area contributed by atoms with E-state index < -0.39 is 19.5 Å². The van der Waals surface area contributed by atoms with Crippen molar-refractivity contribution < 1.29 is 9.90 Å². The summed E-state index contributed by atoms with van der Waals surface area (Å²) in [7, 11) is 0. The average Bonchev–Trinajstić information content (AvgIpc) is 2.57. The van der Waals surface area contributed by atoms with Crippen LogP contribution >= 0.6 is 58.0 Å². The van der Waals surface area contributed by atoms with Crippen LogP contribution in [0.3, 0.4) is 0 Å². The first-order chi connectivity index (χ1) is 11.6. The highest BCUT2D eigenvalue weighted by Gasteiger charge is 2.65. The molecule has 0 amide bonds. The zero-order valence-corrected chi connectivity index (χ0v) is 17.9. The number of hydrogen-bond donors (Lipinski definition) is 1. The van der Waals surface area contributed by atoms with E-state index in [1.807, 2.05) is 0 Å². The van der Waals surface area contributed by atoms with Gasteiger partial charge in [-0.15, -0.1) is 0 Å². The molecule has 1 aromatic rings. The third-order valence-corrected chi connectivity index (χ3v) is 7.60. The van der Waals surface area contributed by atoms with Gasteiger partial charge in [0.15, 0.2) is 8.67 Å². The van der Waals surface area contributed by atoms with Gasteiger partial charge in [0.05, 0.1) is 0 Å². The third kappa shape index (κ3) is 5.32. The maximum atomic E-state index is 11.9. The lowest BCUT2D eigenvalue weighted by Gasteiger charge is -2.42. The van der Waals surface area contributed by atoms with Crippen molar-refractivity contribution in [2.75, 3.05) is 0 Å². The smallest absolute Gasteiger partial charge is 0.332 e. The fourth-order valence-corrected chi connectivity index (χ4v) is 4.15. The van der Waals surface area contributed by atoms with Gasteiger partial charge in [-0.25, -0.2) is 4.79 Å². The molecular weight excluding hydrogens is 425 g/mol. The van der Waals surface area contributed by atoms with Crippen molar-refractivity contribution in [3.05, 3.63) is 35.9 Å². The number of alkyl halides is 5. The molecule has 142 valence electrons. The maximum absolute atomic E-state index is 11.9. The molecule has 0 radical (unpaired) electrons. The fraction of sp³-hybridized carbons (Fsp3) is 0.611. The molecule has 0 saturated heterocycles. The van der Waals surface area contributed by atoms with E-state index in [4.69, 9.17) is 58.0 Å². The Morgan fingerprint density at radius 1 is 0.920 bits per heavy atom. The van der Waals surface area contributed by atoms with E-state index >= 15 is 0 Å². The summed E-state index contributed by atoms with van der Waals surface area (Å²) in [6.45, 7) is 2.15. The van der Waals surface area contributed by atoms with E-state index in [2.05, 4.69) is 6.92 Å². The van der Waals surface area contributed by atoms with Gasteiger partial charge >= 0.3 is 5.97 Å². The van der Waals surface area contributed by atoms with Gasteiger partial charge < -0.3 is 5.11 Å². The van der Waals surface area contributed by atoms with Gasteiger partial charge in [0.2, 0.25) is 4.87 Å². The second-order valence-corrected chi connectivity index (χ2v) is 9.50. The van der Waals surface area contributed by atoms with Crippen LogP contribution in [-0.2, 0) is 9.67 Å². The standard InChI is InChI=1S/C18H23Cl5O2/c1-2-3-4-5-6-10-13-16(19,20)18(22,23)17(21,15(24)25)14-11-8-7-9-12-14/h7-9,11-12H,2-6,10,13H2,1H3,(H,24,25). The molecule has 2 nitrogen and oxygen atoms in total. The first-order valence-electron chi connectivity index (χ1n) is 8.34. The molecule has 0 bridgehead atoms. The molecule has 0 spiro atoms. The lowest BCUT2D eigenvalue weighted by atomic mass is 9.90. The van der Waals surface area contributed by atoms with Gasteiger partial charge in [0.1, 0.15) is 0 Å². The van der Waals surface area contributed by atoms with E-state index in [0.29, 0.717) is 6.42 Å². The summed E-state index contributed by atoms with van der Waals surface area (Å²) in [5.41, 5.74) is 0.225. The van der Waals surface area contributed by atoms with Crippen LogP contribution in [-0.4, -0.2) is 19.7 Å². The fourth-order valence-electron chi connectivity index (χ4n) is 2.64. The molecule has 1 atom stereocenters. The second-order valence-electron chi connectivity index (χ2n) is 6.13. The topological polar surface area (TPSA) is 37.3 Å². The minimum atomic E-state index is -2.18. The van der Waals surface area contributed by atoms with Crippen LogP contribution in [0.1, 0.15) is 57.4 Å². The zero-order chi connectivity index (χ0) is 19.1. The molecule has 0 saturated carbocycles. The summed E-state index contributed by atoms with van der Waals surface area (Å²) in [6, 6.07) is 8.11. The summed E-state index contributed by atoms with van der Waals surface area (Å²) in [5.74, 6) is -1.40. The van der Waals surface area contributed by atoms with Gasteiger partial charge in [0.25, 0.3) is 0 Å². The Bertz CT molecular complexity index is 548. The van der Waals surface area contributed by atoms with Crippen molar-refractivity contribution in [2.24, 2.45) is 0 Å². The lowest BCUT2D eigenvalue weighted by Crippen LogP contribution is -2.55. The summed E-state index contributed by atoms with van der Waals surface area (Å²) in [4.78, 5) is 9.77. The van der Waals surface area contributed by atoms with Gasteiger partial charge in [-0.1, -0.05) is 134 Å². The van der Waals surface area contributed by atoms with Crippen LogP contribution in [0.15, 0.2) is 30.3 Å². The third-order valence-electron chi connectivity index (χ3n) is 4.20. The van der Waals surface area contributed by atoms with E-state index in [9.17, 15) is 9.90 Å². The Morgan fingerprint density at radius 3 is 1.96 bits per heavy atom. The number of aliphatic carboxylic acids is 1. The number of halogens is 5. The molecule has 0 aliphatic heterocycles. The second kappa shape index (κ2) is 9.90. The minimum Gasteiger partial charge on any atom is -0.480 e. The summed E-state index contributed by atoms with van der Waals surface area (Å²) in [6.07, 6.45) is 6.37. The van der Waals surface area contributed by atoms with Gasteiger partial charge in [0, 0.05) is 0 Å². The molecule has 0 fully saturated rings. The molecule has 7 heteroatoms. The van der Waals surface area contributed by atoms with Crippen molar-refractivity contribution in [3.8, 4) is 0 Å². The molecule has 1 aromatic carbocycles. The highest BCUT2D eigenvalue weighted by molar-refractivity contribution is 6.66. The van der Waals surface area contributed by atoms with Gasteiger partial charge in [-0.2, -0.15) is 0 Å². The van der Waals surface area contributed by atoms with Gasteiger partial charge in [-0.3, -0.25) is 0 Å². The number of unbranched alkanes of at least 4 members (excludes halogenated alkanes) is 5. The highest BCUT2D eigenvalue weighted by atomic mass is 35.5. The largest absolute Gasteiger partial charge is 0.480 e. The monoisotopic (exact) mass is 446 g/mol.